The fourth-order valence-corrected chi connectivity index (χ4v) is 3.91. The van der Waals surface area contributed by atoms with Crippen LogP contribution in [0.15, 0.2) is 36.4 Å². The van der Waals surface area contributed by atoms with Gasteiger partial charge in [-0.3, -0.25) is 14.4 Å². The van der Waals surface area contributed by atoms with Crippen molar-refractivity contribution in [2.45, 2.75) is 78.7 Å². The molecule has 0 spiro atoms. The van der Waals surface area contributed by atoms with Gasteiger partial charge in [-0.1, -0.05) is 44.7 Å². The van der Waals surface area contributed by atoms with Gasteiger partial charge in [0.15, 0.2) is 5.78 Å². The van der Waals surface area contributed by atoms with Crippen LogP contribution in [0.1, 0.15) is 97.6 Å². The van der Waals surface area contributed by atoms with E-state index in [0.717, 1.165) is 49.7 Å². The minimum atomic E-state index is -0.196. The van der Waals surface area contributed by atoms with Gasteiger partial charge in [-0.15, -0.1) is 0 Å². The summed E-state index contributed by atoms with van der Waals surface area (Å²) in [4.78, 5) is 35.5. The molecule has 196 valence electrons. The van der Waals surface area contributed by atoms with Crippen LogP contribution in [0.25, 0.3) is 0 Å². The lowest BCUT2D eigenvalue weighted by molar-refractivity contribution is -0.143. The summed E-state index contributed by atoms with van der Waals surface area (Å²) in [6.45, 7) is 6.48. The number of aryl methyl sites for hydroxylation is 1. The normalized spacial score (nSPS) is 10.6. The zero-order valence-corrected chi connectivity index (χ0v) is 21.7. The zero-order valence-electron chi connectivity index (χ0n) is 21.7. The zero-order chi connectivity index (χ0) is 26.3. The molecule has 0 aliphatic carbocycles. The van der Waals surface area contributed by atoms with E-state index in [1.54, 1.807) is 18.2 Å². The van der Waals surface area contributed by atoms with Crippen LogP contribution in [0, 0.1) is 0 Å². The molecule has 36 heavy (non-hydrogen) atoms. The molecule has 7 nitrogen and oxygen atoms in total. The molecule has 0 heterocycles. The van der Waals surface area contributed by atoms with E-state index >= 15 is 0 Å². The molecule has 7 heteroatoms. The largest absolute Gasteiger partial charge is 0.507 e. The molecule has 0 saturated heterocycles. The van der Waals surface area contributed by atoms with E-state index in [0.29, 0.717) is 37.3 Å². The Morgan fingerprint density at radius 2 is 1.67 bits per heavy atom. The quantitative estimate of drug-likeness (QED) is 0.174. The van der Waals surface area contributed by atoms with Gasteiger partial charge in [0.05, 0.1) is 12.2 Å². The predicted molar refractivity (Wildman–Crippen MR) is 140 cm³/mol. The predicted octanol–water partition coefficient (Wildman–Crippen LogP) is 5.76. The van der Waals surface area contributed by atoms with Gasteiger partial charge in [-0.25, -0.2) is 0 Å². The number of hydrogen-bond donors (Lipinski definition) is 2. The molecule has 1 amide bonds. The first-order chi connectivity index (χ1) is 17.3. The van der Waals surface area contributed by atoms with Crippen molar-refractivity contribution in [1.29, 1.82) is 0 Å². The number of amides is 1. The number of phenolic OH excluding ortho intramolecular Hbond substituents is 1. The maximum absolute atomic E-state index is 12.5. The van der Waals surface area contributed by atoms with Crippen molar-refractivity contribution in [2.24, 2.45) is 0 Å². The number of phenols is 1. The molecule has 0 radical (unpaired) electrons. The molecule has 2 aromatic carbocycles. The Labute approximate surface area is 214 Å². The summed E-state index contributed by atoms with van der Waals surface area (Å²) in [5, 5.41) is 13.1. The lowest BCUT2D eigenvalue weighted by atomic mass is 10.0. The third-order valence-corrected chi connectivity index (χ3v) is 5.92. The molecule has 0 aromatic heterocycles. The Bertz CT molecular complexity index is 1020. The topological polar surface area (TPSA) is 102 Å². The highest BCUT2D eigenvalue weighted by Crippen LogP contribution is 2.30. The van der Waals surface area contributed by atoms with E-state index in [-0.39, 0.29) is 35.6 Å². The number of hydrogen-bond acceptors (Lipinski definition) is 6. The first-order valence-electron chi connectivity index (χ1n) is 12.9. The highest BCUT2D eigenvalue weighted by Gasteiger charge is 2.13. The summed E-state index contributed by atoms with van der Waals surface area (Å²) in [6.07, 6.45) is 7.11. The average Bonchev–Trinajstić information content (AvgIpc) is 2.86. The fraction of sp³-hybridized carbons (Fsp3) is 0.483. The van der Waals surface area contributed by atoms with Gasteiger partial charge < -0.3 is 19.9 Å². The summed E-state index contributed by atoms with van der Waals surface area (Å²) >= 11 is 0. The average molecular weight is 498 g/mol. The Morgan fingerprint density at radius 3 is 2.36 bits per heavy atom. The maximum Gasteiger partial charge on any atom is 0.305 e. The molecule has 0 bridgehead atoms. The molecular weight excluding hydrogens is 458 g/mol. The third kappa shape index (κ3) is 9.72. The minimum absolute atomic E-state index is 0.0977. The van der Waals surface area contributed by atoms with Gasteiger partial charge in [0, 0.05) is 24.6 Å². The number of aromatic hydroxyl groups is 1. The molecule has 2 aromatic rings. The summed E-state index contributed by atoms with van der Waals surface area (Å²) in [5.41, 5.74) is 2.53. The second-order valence-electron chi connectivity index (χ2n) is 8.81. The van der Waals surface area contributed by atoms with Crippen LogP contribution in [0.2, 0.25) is 0 Å². The molecule has 2 rings (SSSR count). The number of rotatable bonds is 16. The number of esters is 1. The molecule has 0 unspecified atom stereocenters. The monoisotopic (exact) mass is 497 g/mol. The number of Topliss-reactive ketones (excluding diaryl/α,β-unsaturated/α-hetero) is 1. The lowest BCUT2D eigenvalue weighted by Crippen LogP contribution is -2.24. The molecular formula is C29H39NO6. The molecule has 0 saturated carbocycles. The Balaban J connectivity index is 1.74. The van der Waals surface area contributed by atoms with E-state index in [2.05, 4.69) is 5.32 Å². The van der Waals surface area contributed by atoms with Gasteiger partial charge >= 0.3 is 5.97 Å². The van der Waals surface area contributed by atoms with Gasteiger partial charge in [0.1, 0.15) is 18.1 Å². The minimum Gasteiger partial charge on any atom is -0.507 e. The van der Waals surface area contributed by atoms with Gasteiger partial charge in [-0.2, -0.15) is 0 Å². The number of carbonyl (C=O) groups is 3. The van der Waals surface area contributed by atoms with E-state index in [1.807, 2.05) is 26.0 Å². The second-order valence-corrected chi connectivity index (χ2v) is 8.81. The number of benzene rings is 2. The Morgan fingerprint density at radius 1 is 0.944 bits per heavy atom. The second kappa shape index (κ2) is 15.6. The van der Waals surface area contributed by atoms with Crippen molar-refractivity contribution < 1.29 is 29.0 Å². The summed E-state index contributed by atoms with van der Waals surface area (Å²) in [7, 11) is 0. The van der Waals surface area contributed by atoms with Crippen LogP contribution in [0.3, 0.4) is 0 Å². The van der Waals surface area contributed by atoms with E-state index in [1.165, 1.54) is 13.0 Å². The van der Waals surface area contributed by atoms with Crippen molar-refractivity contribution in [2.75, 3.05) is 13.2 Å². The summed E-state index contributed by atoms with van der Waals surface area (Å²) in [5.74, 6) is -0.0121. The molecule has 2 N–H and O–H groups in total. The summed E-state index contributed by atoms with van der Waals surface area (Å²) < 4.78 is 10.8. The number of nitrogens with one attached hydrogen (secondary N) is 1. The SMILES string of the molecule is CCOC(=O)CCCCCCCCNC(=O)c1cccc(COc2cc(O)c(C(C)=O)cc2CC)c1. The van der Waals surface area contributed by atoms with Crippen molar-refractivity contribution >= 4 is 17.7 Å². The number of carbonyl (C=O) groups excluding carboxylic acids is 3. The van der Waals surface area contributed by atoms with Crippen molar-refractivity contribution in [3.63, 3.8) is 0 Å². The van der Waals surface area contributed by atoms with E-state index in [4.69, 9.17) is 9.47 Å². The van der Waals surface area contributed by atoms with E-state index < -0.39 is 0 Å². The van der Waals surface area contributed by atoms with Crippen LogP contribution >= 0.6 is 0 Å². The van der Waals surface area contributed by atoms with Crippen molar-refractivity contribution in [1.82, 2.24) is 5.32 Å². The van der Waals surface area contributed by atoms with Crippen LogP contribution in [0.5, 0.6) is 11.5 Å². The van der Waals surface area contributed by atoms with Crippen LogP contribution in [-0.4, -0.2) is 35.9 Å². The highest BCUT2D eigenvalue weighted by molar-refractivity contribution is 5.97. The van der Waals surface area contributed by atoms with Crippen LogP contribution in [0.4, 0.5) is 0 Å². The first kappa shape index (κ1) is 28.9. The fourth-order valence-electron chi connectivity index (χ4n) is 3.91. The highest BCUT2D eigenvalue weighted by atomic mass is 16.5. The lowest BCUT2D eigenvalue weighted by Gasteiger charge is -2.13. The smallest absolute Gasteiger partial charge is 0.305 e. The Hall–Kier alpha value is -3.35. The van der Waals surface area contributed by atoms with Crippen LogP contribution < -0.4 is 10.1 Å². The number of ketones is 1. The molecule has 0 fully saturated rings. The standard InChI is InChI=1S/C29H39NO6/c1-4-23-18-25(21(3)31)26(32)19-27(23)36-20-22-13-12-14-24(17-22)29(34)30-16-11-9-7-6-8-10-15-28(33)35-5-2/h12-14,17-19,32H,4-11,15-16,20H2,1-3H3,(H,30,34). The maximum atomic E-state index is 12.5. The van der Waals surface area contributed by atoms with Crippen molar-refractivity contribution in [3.05, 3.63) is 58.7 Å². The molecule has 0 aliphatic rings. The first-order valence-corrected chi connectivity index (χ1v) is 12.9. The van der Waals surface area contributed by atoms with Crippen molar-refractivity contribution in [3.8, 4) is 11.5 Å². The van der Waals surface area contributed by atoms with Gasteiger partial charge in [0.25, 0.3) is 5.91 Å². The molecule has 0 atom stereocenters. The van der Waals surface area contributed by atoms with Gasteiger partial charge in [0.2, 0.25) is 0 Å². The Kier molecular flexibility index (Phi) is 12.5. The van der Waals surface area contributed by atoms with E-state index in [9.17, 15) is 19.5 Å². The third-order valence-electron chi connectivity index (χ3n) is 5.92. The number of unbranched alkanes of at least 4 members (excludes halogenated alkanes) is 5. The number of ether oxygens (including phenoxy) is 2. The van der Waals surface area contributed by atoms with Crippen LogP contribution in [-0.2, 0) is 22.6 Å². The summed E-state index contributed by atoms with van der Waals surface area (Å²) in [6, 6.07) is 10.4. The van der Waals surface area contributed by atoms with Gasteiger partial charge in [-0.05, 0) is 62.4 Å². The molecule has 0 aliphatic heterocycles.